The highest BCUT2D eigenvalue weighted by Crippen LogP contribution is 2.21. The van der Waals surface area contributed by atoms with Gasteiger partial charge in [-0.25, -0.2) is 4.52 Å². The number of rotatable bonds is 1. The van der Waals surface area contributed by atoms with Gasteiger partial charge in [-0.3, -0.25) is 4.79 Å². The van der Waals surface area contributed by atoms with Crippen molar-refractivity contribution in [1.82, 2.24) is 9.61 Å². The molecule has 0 bridgehead atoms. The Kier molecular flexibility index (Phi) is 2.67. The van der Waals surface area contributed by atoms with E-state index in [9.17, 15) is 4.79 Å². The van der Waals surface area contributed by atoms with E-state index < -0.39 is 0 Å². The monoisotopic (exact) mass is 250 g/mol. The lowest BCUT2D eigenvalue weighted by molar-refractivity contribution is 0.851. The SMILES string of the molecule is Cc1nn2c(C)cccc2c(-c2ccccc2)c1=O. The van der Waals surface area contributed by atoms with Gasteiger partial charge in [-0.15, -0.1) is 0 Å². The van der Waals surface area contributed by atoms with Gasteiger partial charge in [0.25, 0.3) is 0 Å². The second-order valence-electron chi connectivity index (χ2n) is 4.62. The first kappa shape index (κ1) is 11.7. The molecule has 19 heavy (non-hydrogen) atoms. The van der Waals surface area contributed by atoms with E-state index in [2.05, 4.69) is 5.10 Å². The lowest BCUT2D eigenvalue weighted by atomic mass is 10.0. The number of aromatic nitrogens is 2. The molecule has 0 atom stereocenters. The van der Waals surface area contributed by atoms with Gasteiger partial charge in [0.2, 0.25) is 5.43 Å². The van der Waals surface area contributed by atoms with Crippen LogP contribution in [0.5, 0.6) is 0 Å². The molecule has 0 saturated carbocycles. The van der Waals surface area contributed by atoms with E-state index in [1.807, 2.05) is 60.0 Å². The average molecular weight is 250 g/mol. The van der Waals surface area contributed by atoms with E-state index in [0.29, 0.717) is 5.69 Å². The number of pyridine rings is 1. The summed E-state index contributed by atoms with van der Waals surface area (Å²) in [6.45, 7) is 3.74. The molecule has 2 aromatic heterocycles. The van der Waals surface area contributed by atoms with E-state index in [-0.39, 0.29) is 5.43 Å². The largest absolute Gasteiger partial charge is 0.287 e. The van der Waals surface area contributed by atoms with Gasteiger partial charge in [0.05, 0.1) is 11.1 Å². The fourth-order valence-electron chi connectivity index (χ4n) is 2.31. The highest BCUT2D eigenvalue weighted by Gasteiger charge is 2.12. The van der Waals surface area contributed by atoms with Gasteiger partial charge in [0, 0.05) is 5.69 Å². The number of hydrogen-bond acceptors (Lipinski definition) is 2. The van der Waals surface area contributed by atoms with Crippen molar-refractivity contribution in [3.05, 3.63) is 70.1 Å². The molecule has 0 aliphatic carbocycles. The summed E-state index contributed by atoms with van der Waals surface area (Å²) in [5.41, 5.74) is 4.03. The smallest absolute Gasteiger partial charge is 0.211 e. The Balaban J connectivity index is 2.50. The second-order valence-corrected chi connectivity index (χ2v) is 4.62. The Labute approximate surface area is 111 Å². The predicted octanol–water partition coefficient (Wildman–Crippen LogP) is 2.98. The lowest BCUT2D eigenvalue weighted by Crippen LogP contribution is -2.16. The molecule has 0 aliphatic heterocycles. The molecule has 0 amide bonds. The van der Waals surface area contributed by atoms with E-state index >= 15 is 0 Å². The van der Waals surface area contributed by atoms with Crippen molar-refractivity contribution >= 4 is 5.52 Å². The molecule has 0 fully saturated rings. The normalized spacial score (nSPS) is 10.8. The van der Waals surface area contributed by atoms with E-state index in [4.69, 9.17) is 0 Å². The molecule has 0 saturated heterocycles. The van der Waals surface area contributed by atoms with Crippen LogP contribution in [-0.4, -0.2) is 9.61 Å². The Morgan fingerprint density at radius 1 is 0.947 bits per heavy atom. The summed E-state index contributed by atoms with van der Waals surface area (Å²) < 4.78 is 1.83. The summed E-state index contributed by atoms with van der Waals surface area (Å²) in [5, 5.41) is 4.37. The summed E-state index contributed by atoms with van der Waals surface area (Å²) in [6.07, 6.45) is 0. The van der Waals surface area contributed by atoms with Crippen molar-refractivity contribution in [3.63, 3.8) is 0 Å². The minimum atomic E-state index is -0.00296. The van der Waals surface area contributed by atoms with Crippen molar-refractivity contribution < 1.29 is 0 Å². The van der Waals surface area contributed by atoms with Crippen LogP contribution in [0.2, 0.25) is 0 Å². The lowest BCUT2D eigenvalue weighted by Gasteiger charge is -2.10. The number of nitrogens with zero attached hydrogens (tertiary/aromatic N) is 2. The number of aryl methyl sites for hydroxylation is 2. The molecule has 3 rings (SSSR count). The maximum atomic E-state index is 12.4. The Bertz CT molecular complexity index is 804. The summed E-state index contributed by atoms with van der Waals surface area (Å²) >= 11 is 0. The van der Waals surface area contributed by atoms with Crippen molar-refractivity contribution in [2.45, 2.75) is 13.8 Å². The van der Waals surface area contributed by atoms with Crippen LogP contribution in [0.25, 0.3) is 16.6 Å². The zero-order valence-corrected chi connectivity index (χ0v) is 10.9. The van der Waals surface area contributed by atoms with E-state index in [1.54, 1.807) is 6.92 Å². The minimum Gasteiger partial charge on any atom is -0.287 e. The number of fused-ring (bicyclic) bond motifs is 1. The maximum absolute atomic E-state index is 12.4. The number of hydrogen-bond donors (Lipinski definition) is 0. The third kappa shape index (κ3) is 1.83. The standard InChI is InChI=1S/C16H14N2O/c1-11-7-6-10-14-15(13-8-4-3-5-9-13)16(19)12(2)17-18(11)14/h3-10H,1-2H3. The van der Waals surface area contributed by atoms with E-state index in [1.165, 1.54) is 0 Å². The maximum Gasteiger partial charge on any atom is 0.211 e. The summed E-state index contributed by atoms with van der Waals surface area (Å²) in [6, 6.07) is 15.6. The molecule has 0 aliphatic rings. The number of benzene rings is 1. The summed E-state index contributed by atoms with van der Waals surface area (Å²) in [5.74, 6) is 0. The zero-order valence-electron chi connectivity index (χ0n) is 10.9. The molecular weight excluding hydrogens is 236 g/mol. The minimum absolute atomic E-state index is 0.00296. The van der Waals surface area contributed by atoms with Gasteiger partial charge in [0.1, 0.15) is 5.69 Å². The molecule has 3 nitrogen and oxygen atoms in total. The molecule has 0 spiro atoms. The fourth-order valence-corrected chi connectivity index (χ4v) is 2.31. The average Bonchev–Trinajstić information content (AvgIpc) is 2.42. The summed E-state index contributed by atoms with van der Waals surface area (Å²) in [4.78, 5) is 12.4. The van der Waals surface area contributed by atoms with Gasteiger partial charge in [-0.05, 0) is 31.5 Å². The fraction of sp³-hybridized carbons (Fsp3) is 0.125. The second kappa shape index (κ2) is 4.35. The summed E-state index contributed by atoms with van der Waals surface area (Å²) in [7, 11) is 0. The van der Waals surface area contributed by atoms with Crippen LogP contribution >= 0.6 is 0 Å². The van der Waals surface area contributed by atoms with Gasteiger partial charge in [-0.1, -0.05) is 36.4 Å². The van der Waals surface area contributed by atoms with Gasteiger partial charge in [-0.2, -0.15) is 5.10 Å². The first-order valence-corrected chi connectivity index (χ1v) is 6.23. The highest BCUT2D eigenvalue weighted by molar-refractivity contribution is 5.80. The van der Waals surface area contributed by atoms with Crippen LogP contribution in [0.3, 0.4) is 0 Å². The van der Waals surface area contributed by atoms with Crippen LogP contribution in [-0.2, 0) is 0 Å². The first-order chi connectivity index (χ1) is 9.18. The Morgan fingerprint density at radius 2 is 1.68 bits per heavy atom. The van der Waals surface area contributed by atoms with Gasteiger partial charge in [0.15, 0.2) is 0 Å². The van der Waals surface area contributed by atoms with E-state index in [0.717, 1.165) is 22.3 Å². The highest BCUT2D eigenvalue weighted by atomic mass is 16.1. The van der Waals surface area contributed by atoms with Crippen LogP contribution in [0.1, 0.15) is 11.4 Å². The Morgan fingerprint density at radius 3 is 2.42 bits per heavy atom. The topological polar surface area (TPSA) is 34.4 Å². The molecule has 94 valence electrons. The molecule has 1 aromatic carbocycles. The molecule has 2 heterocycles. The van der Waals surface area contributed by atoms with Crippen molar-refractivity contribution in [1.29, 1.82) is 0 Å². The van der Waals surface area contributed by atoms with Crippen LogP contribution in [0.15, 0.2) is 53.3 Å². The molecule has 0 N–H and O–H groups in total. The van der Waals surface area contributed by atoms with Gasteiger partial charge >= 0.3 is 0 Å². The van der Waals surface area contributed by atoms with Crippen LogP contribution < -0.4 is 5.43 Å². The third-order valence-corrected chi connectivity index (χ3v) is 3.28. The van der Waals surface area contributed by atoms with Crippen LogP contribution in [0.4, 0.5) is 0 Å². The molecular formula is C16H14N2O. The molecule has 3 aromatic rings. The molecule has 0 radical (unpaired) electrons. The van der Waals surface area contributed by atoms with Crippen LogP contribution in [0, 0.1) is 13.8 Å². The zero-order chi connectivity index (χ0) is 13.4. The third-order valence-electron chi connectivity index (χ3n) is 3.28. The Hall–Kier alpha value is -2.42. The first-order valence-electron chi connectivity index (χ1n) is 6.23. The quantitative estimate of drug-likeness (QED) is 0.665. The van der Waals surface area contributed by atoms with Crippen molar-refractivity contribution in [3.8, 4) is 11.1 Å². The molecule has 0 unspecified atom stereocenters. The molecule has 3 heteroatoms. The van der Waals surface area contributed by atoms with Crippen molar-refractivity contribution in [2.24, 2.45) is 0 Å². The predicted molar refractivity (Wildman–Crippen MR) is 76.4 cm³/mol. The van der Waals surface area contributed by atoms with Crippen molar-refractivity contribution in [2.75, 3.05) is 0 Å². The van der Waals surface area contributed by atoms with Gasteiger partial charge < -0.3 is 0 Å².